The van der Waals surface area contributed by atoms with Crippen molar-refractivity contribution in [3.05, 3.63) is 105 Å². The number of esters is 1. The van der Waals surface area contributed by atoms with Gasteiger partial charge in [-0.25, -0.2) is 14.2 Å². The molecule has 0 N–H and O–H groups in total. The molecular formula is C23H14Cl2FNO3. The summed E-state index contributed by atoms with van der Waals surface area (Å²) < 4.78 is 24.1. The third-order valence-corrected chi connectivity index (χ3v) is 5.00. The first kappa shape index (κ1) is 20.1. The molecule has 0 radical (unpaired) electrons. The van der Waals surface area contributed by atoms with E-state index in [0.29, 0.717) is 21.4 Å². The molecule has 0 bridgehead atoms. The van der Waals surface area contributed by atoms with Crippen molar-refractivity contribution >= 4 is 41.1 Å². The Morgan fingerprint density at radius 2 is 1.80 bits per heavy atom. The second-order valence-electron chi connectivity index (χ2n) is 6.45. The molecule has 150 valence electrons. The van der Waals surface area contributed by atoms with Crippen molar-refractivity contribution in [2.24, 2.45) is 4.99 Å². The highest BCUT2D eigenvalue weighted by Crippen LogP contribution is 2.26. The third kappa shape index (κ3) is 4.70. The Morgan fingerprint density at radius 3 is 2.53 bits per heavy atom. The zero-order valence-corrected chi connectivity index (χ0v) is 17.0. The van der Waals surface area contributed by atoms with E-state index in [4.69, 9.17) is 32.7 Å². The average molecular weight is 442 g/mol. The number of cyclic esters (lactones) is 1. The van der Waals surface area contributed by atoms with Gasteiger partial charge in [0.05, 0.1) is 10.0 Å². The van der Waals surface area contributed by atoms with Crippen LogP contribution in [0.1, 0.15) is 16.7 Å². The fourth-order valence-corrected chi connectivity index (χ4v) is 3.07. The minimum Gasteiger partial charge on any atom is -0.489 e. The molecular weight excluding hydrogens is 428 g/mol. The second kappa shape index (κ2) is 8.69. The topological polar surface area (TPSA) is 47.9 Å². The van der Waals surface area contributed by atoms with Gasteiger partial charge in [-0.15, -0.1) is 0 Å². The molecule has 0 saturated heterocycles. The number of benzene rings is 3. The summed E-state index contributed by atoms with van der Waals surface area (Å²) in [5.41, 5.74) is 2.21. The van der Waals surface area contributed by atoms with Crippen molar-refractivity contribution < 1.29 is 18.7 Å². The van der Waals surface area contributed by atoms with Gasteiger partial charge >= 0.3 is 5.97 Å². The fraction of sp³-hybridized carbons (Fsp3) is 0.0435. The van der Waals surface area contributed by atoms with Gasteiger partial charge < -0.3 is 9.47 Å². The van der Waals surface area contributed by atoms with Crippen LogP contribution in [0.15, 0.2) is 77.4 Å². The van der Waals surface area contributed by atoms with Gasteiger partial charge in [-0.05, 0) is 59.7 Å². The number of carbonyl (C=O) groups is 1. The van der Waals surface area contributed by atoms with Crippen LogP contribution in [0.2, 0.25) is 10.0 Å². The first-order valence-electron chi connectivity index (χ1n) is 8.93. The molecule has 0 atom stereocenters. The summed E-state index contributed by atoms with van der Waals surface area (Å²) in [5, 5.41) is 0.750. The quantitative estimate of drug-likeness (QED) is 0.357. The van der Waals surface area contributed by atoms with Crippen LogP contribution in [0.5, 0.6) is 5.75 Å². The van der Waals surface area contributed by atoms with E-state index in [1.165, 1.54) is 12.1 Å². The van der Waals surface area contributed by atoms with E-state index in [-0.39, 0.29) is 24.0 Å². The first-order valence-corrected chi connectivity index (χ1v) is 9.69. The highest BCUT2D eigenvalue weighted by molar-refractivity contribution is 6.42. The number of nitrogens with zero attached hydrogens (tertiary/aromatic N) is 1. The molecule has 0 amide bonds. The third-order valence-electron chi connectivity index (χ3n) is 4.27. The number of ether oxygens (including phenoxy) is 2. The van der Waals surface area contributed by atoms with E-state index in [9.17, 15) is 9.18 Å². The van der Waals surface area contributed by atoms with Gasteiger partial charge in [-0.3, -0.25) is 0 Å². The van der Waals surface area contributed by atoms with E-state index in [1.807, 2.05) is 0 Å². The largest absolute Gasteiger partial charge is 0.489 e. The summed E-state index contributed by atoms with van der Waals surface area (Å²) in [5.74, 6) is -0.0694. The van der Waals surface area contributed by atoms with Crippen molar-refractivity contribution in [3.8, 4) is 5.75 Å². The number of rotatable bonds is 5. The van der Waals surface area contributed by atoms with Crippen molar-refractivity contribution in [1.29, 1.82) is 0 Å². The fourth-order valence-electron chi connectivity index (χ4n) is 2.77. The zero-order valence-electron chi connectivity index (χ0n) is 15.4. The van der Waals surface area contributed by atoms with Gasteiger partial charge in [0.25, 0.3) is 0 Å². The van der Waals surface area contributed by atoms with Crippen molar-refractivity contribution in [3.63, 3.8) is 0 Å². The van der Waals surface area contributed by atoms with E-state index in [1.54, 1.807) is 60.7 Å². The van der Waals surface area contributed by atoms with Gasteiger partial charge in [-0.1, -0.05) is 47.5 Å². The minimum absolute atomic E-state index is 0.167. The predicted octanol–water partition coefficient (Wildman–Crippen LogP) is 6.06. The summed E-state index contributed by atoms with van der Waals surface area (Å²) in [7, 11) is 0. The molecule has 0 fully saturated rings. The summed E-state index contributed by atoms with van der Waals surface area (Å²) in [6.07, 6.45) is 1.61. The Hall–Kier alpha value is -3.15. The van der Waals surface area contributed by atoms with Crippen LogP contribution < -0.4 is 4.74 Å². The SMILES string of the molecule is O=C1OC(c2ccc(Cl)c(Cl)c2)=N/C1=C\c1ccc(OCc2cccc(F)c2)cc1. The van der Waals surface area contributed by atoms with Gasteiger partial charge in [0, 0.05) is 5.56 Å². The van der Waals surface area contributed by atoms with Gasteiger partial charge in [-0.2, -0.15) is 0 Å². The maximum absolute atomic E-state index is 13.2. The summed E-state index contributed by atoms with van der Waals surface area (Å²) >= 11 is 11.9. The van der Waals surface area contributed by atoms with Crippen LogP contribution in [0.25, 0.3) is 6.08 Å². The Labute approximate surface area is 182 Å². The molecule has 1 aliphatic rings. The molecule has 7 heteroatoms. The number of hydrogen-bond donors (Lipinski definition) is 0. The van der Waals surface area contributed by atoms with E-state index in [2.05, 4.69) is 4.99 Å². The minimum atomic E-state index is -0.553. The molecule has 0 aliphatic carbocycles. The number of carbonyl (C=O) groups excluding carboxylic acids is 1. The smallest absolute Gasteiger partial charge is 0.363 e. The molecule has 3 aromatic carbocycles. The summed E-state index contributed by atoms with van der Waals surface area (Å²) in [6, 6.07) is 18.2. The summed E-state index contributed by atoms with van der Waals surface area (Å²) in [4.78, 5) is 16.4. The van der Waals surface area contributed by atoms with Crippen LogP contribution in [-0.4, -0.2) is 11.9 Å². The molecule has 0 spiro atoms. The molecule has 0 aromatic heterocycles. The lowest BCUT2D eigenvalue weighted by Crippen LogP contribution is -2.05. The molecule has 0 unspecified atom stereocenters. The second-order valence-corrected chi connectivity index (χ2v) is 7.27. The zero-order chi connectivity index (χ0) is 21.1. The van der Waals surface area contributed by atoms with Gasteiger partial charge in [0.1, 0.15) is 18.2 Å². The monoisotopic (exact) mass is 441 g/mol. The number of aliphatic imine (C=N–C) groups is 1. The van der Waals surface area contributed by atoms with Gasteiger partial charge in [0.2, 0.25) is 5.90 Å². The van der Waals surface area contributed by atoms with Crippen LogP contribution in [0.4, 0.5) is 4.39 Å². The lowest BCUT2D eigenvalue weighted by atomic mass is 10.2. The van der Waals surface area contributed by atoms with Crippen LogP contribution in [-0.2, 0) is 16.1 Å². The Kier molecular flexibility index (Phi) is 5.84. The van der Waals surface area contributed by atoms with E-state index in [0.717, 1.165) is 11.1 Å². The molecule has 3 aromatic rings. The standard InChI is InChI=1S/C23H14Cl2FNO3/c24-19-9-6-16(12-20(19)25)22-27-21(23(28)30-22)11-14-4-7-18(8-5-14)29-13-15-2-1-3-17(26)10-15/h1-12H,13H2/b21-11-. The average Bonchev–Trinajstić information content (AvgIpc) is 3.10. The molecule has 4 nitrogen and oxygen atoms in total. The molecule has 30 heavy (non-hydrogen) atoms. The Bertz CT molecular complexity index is 1170. The van der Waals surface area contributed by atoms with E-state index >= 15 is 0 Å². The van der Waals surface area contributed by atoms with Gasteiger partial charge in [0.15, 0.2) is 5.70 Å². The Morgan fingerprint density at radius 1 is 1.00 bits per heavy atom. The summed E-state index contributed by atoms with van der Waals surface area (Å²) in [6.45, 7) is 0.252. The first-order chi connectivity index (χ1) is 14.5. The number of halogens is 3. The van der Waals surface area contributed by atoms with Crippen LogP contribution in [0.3, 0.4) is 0 Å². The lowest BCUT2D eigenvalue weighted by molar-refractivity contribution is -0.129. The molecule has 0 saturated carbocycles. The van der Waals surface area contributed by atoms with Crippen molar-refractivity contribution in [2.45, 2.75) is 6.61 Å². The molecule has 1 aliphatic heterocycles. The van der Waals surface area contributed by atoms with Crippen LogP contribution >= 0.6 is 23.2 Å². The lowest BCUT2D eigenvalue weighted by Gasteiger charge is -2.06. The molecule has 4 rings (SSSR count). The maximum atomic E-state index is 13.2. The van der Waals surface area contributed by atoms with Crippen molar-refractivity contribution in [2.75, 3.05) is 0 Å². The van der Waals surface area contributed by atoms with Crippen molar-refractivity contribution in [1.82, 2.24) is 0 Å². The number of hydrogen-bond acceptors (Lipinski definition) is 4. The highest BCUT2D eigenvalue weighted by Gasteiger charge is 2.24. The molecule has 1 heterocycles. The highest BCUT2D eigenvalue weighted by atomic mass is 35.5. The predicted molar refractivity (Wildman–Crippen MR) is 114 cm³/mol. The Balaban J connectivity index is 1.46. The maximum Gasteiger partial charge on any atom is 0.363 e. The van der Waals surface area contributed by atoms with E-state index < -0.39 is 5.97 Å². The van der Waals surface area contributed by atoms with Crippen LogP contribution in [0, 0.1) is 5.82 Å². The normalized spacial score (nSPS) is 14.6.